The van der Waals surface area contributed by atoms with Crippen LogP contribution in [0.1, 0.15) is 33.6 Å². The molecule has 88 valence electrons. The van der Waals surface area contributed by atoms with Gasteiger partial charge in [-0.3, -0.25) is 4.79 Å². The van der Waals surface area contributed by atoms with Crippen LogP contribution in [0.25, 0.3) is 0 Å². The second kappa shape index (κ2) is 7.09. The lowest BCUT2D eigenvalue weighted by atomic mass is 10.1. The minimum absolute atomic E-state index is 0.0579. The fourth-order valence-electron chi connectivity index (χ4n) is 1.06. The van der Waals surface area contributed by atoms with Crippen molar-refractivity contribution in [2.45, 2.75) is 39.7 Å². The topological polar surface area (TPSA) is 78.4 Å². The molecule has 1 atom stereocenters. The Kier molecular flexibility index (Phi) is 6.49. The highest BCUT2D eigenvalue weighted by molar-refractivity contribution is 5.75. The third-order valence-corrected chi connectivity index (χ3v) is 1.87. The summed E-state index contributed by atoms with van der Waals surface area (Å²) in [7, 11) is 0. The van der Waals surface area contributed by atoms with Gasteiger partial charge in [-0.2, -0.15) is 0 Å². The first-order valence-corrected chi connectivity index (χ1v) is 5.18. The number of carboxylic acid groups (broad SMARTS) is 1. The lowest BCUT2D eigenvalue weighted by Crippen LogP contribution is -2.42. The predicted molar refractivity (Wildman–Crippen MR) is 57.7 cm³/mol. The first-order chi connectivity index (χ1) is 6.91. The Bertz CT molecular complexity index is 217. The van der Waals surface area contributed by atoms with Crippen LogP contribution in [0.4, 0.5) is 4.79 Å². The molecule has 5 nitrogen and oxygen atoms in total. The zero-order valence-corrected chi connectivity index (χ0v) is 9.54. The number of hydrogen-bond donors (Lipinski definition) is 3. The number of carbonyl (C=O) groups is 2. The molecule has 0 fully saturated rings. The van der Waals surface area contributed by atoms with Crippen molar-refractivity contribution in [2.24, 2.45) is 5.92 Å². The monoisotopic (exact) mass is 216 g/mol. The molecule has 15 heavy (non-hydrogen) atoms. The average molecular weight is 216 g/mol. The number of carbonyl (C=O) groups excluding carboxylic acids is 1. The summed E-state index contributed by atoms with van der Waals surface area (Å²) in [6.07, 6.45) is 0.859. The molecule has 0 aromatic heterocycles. The minimum atomic E-state index is -0.912. The number of hydrogen-bond acceptors (Lipinski definition) is 2. The number of urea groups is 1. The predicted octanol–water partition coefficient (Wildman–Crippen LogP) is 1.19. The molecule has 0 aromatic carbocycles. The van der Waals surface area contributed by atoms with Gasteiger partial charge in [0.2, 0.25) is 0 Å². The van der Waals surface area contributed by atoms with Crippen molar-refractivity contribution in [2.75, 3.05) is 6.54 Å². The lowest BCUT2D eigenvalue weighted by Gasteiger charge is -2.13. The van der Waals surface area contributed by atoms with Crippen molar-refractivity contribution in [3.63, 3.8) is 0 Å². The third kappa shape index (κ3) is 9.05. The van der Waals surface area contributed by atoms with E-state index in [1.165, 1.54) is 0 Å². The maximum absolute atomic E-state index is 11.2. The Hall–Kier alpha value is -1.26. The molecule has 0 rings (SSSR count). The van der Waals surface area contributed by atoms with Gasteiger partial charge in [-0.25, -0.2) is 4.79 Å². The largest absolute Gasteiger partial charge is 0.481 e. The second-order valence-corrected chi connectivity index (χ2v) is 4.08. The molecule has 0 aliphatic heterocycles. The van der Waals surface area contributed by atoms with Crippen LogP contribution >= 0.6 is 0 Å². The molecule has 0 bridgehead atoms. The van der Waals surface area contributed by atoms with Crippen molar-refractivity contribution in [1.29, 1.82) is 0 Å². The molecule has 0 heterocycles. The normalized spacial score (nSPS) is 12.3. The van der Waals surface area contributed by atoms with Gasteiger partial charge >= 0.3 is 12.0 Å². The highest BCUT2D eigenvalue weighted by Gasteiger charge is 2.10. The van der Waals surface area contributed by atoms with Gasteiger partial charge in [0, 0.05) is 12.6 Å². The second-order valence-electron chi connectivity index (χ2n) is 4.08. The summed E-state index contributed by atoms with van der Waals surface area (Å²) in [5.41, 5.74) is 0. The zero-order valence-electron chi connectivity index (χ0n) is 9.54. The van der Waals surface area contributed by atoms with E-state index in [9.17, 15) is 9.59 Å². The number of rotatable bonds is 6. The van der Waals surface area contributed by atoms with Gasteiger partial charge in [0.15, 0.2) is 0 Å². The van der Waals surface area contributed by atoms with Crippen LogP contribution in [0.15, 0.2) is 0 Å². The van der Waals surface area contributed by atoms with Gasteiger partial charge in [-0.05, 0) is 19.3 Å². The van der Waals surface area contributed by atoms with Crippen molar-refractivity contribution >= 4 is 12.0 Å². The SMILES string of the molecule is CC(C)CCNC(=O)NC(C)CC(=O)O. The van der Waals surface area contributed by atoms with Crippen molar-refractivity contribution in [1.82, 2.24) is 10.6 Å². The minimum Gasteiger partial charge on any atom is -0.481 e. The van der Waals surface area contributed by atoms with E-state index >= 15 is 0 Å². The Morgan fingerprint density at radius 2 is 1.87 bits per heavy atom. The molecule has 1 unspecified atom stereocenters. The van der Waals surface area contributed by atoms with E-state index in [0.29, 0.717) is 12.5 Å². The maximum atomic E-state index is 11.2. The fourth-order valence-corrected chi connectivity index (χ4v) is 1.06. The van der Waals surface area contributed by atoms with Crippen molar-refractivity contribution in [3.8, 4) is 0 Å². The molecule has 3 N–H and O–H groups in total. The number of aliphatic carboxylic acids is 1. The van der Waals surface area contributed by atoms with Crippen LogP contribution in [0.5, 0.6) is 0 Å². The highest BCUT2D eigenvalue weighted by Crippen LogP contribution is 1.96. The van der Waals surface area contributed by atoms with E-state index in [0.717, 1.165) is 6.42 Å². The van der Waals surface area contributed by atoms with E-state index in [4.69, 9.17) is 5.11 Å². The first-order valence-electron chi connectivity index (χ1n) is 5.18. The van der Waals surface area contributed by atoms with Gasteiger partial charge < -0.3 is 15.7 Å². The van der Waals surface area contributed by atoms with Gasteiger partial charge in [0.25, 0.3) is 0 Å². The molecule has 2 amide bonds. The number of nitrogens with one attached hydrogen (secondary N) is 2. The van der Waals surface area contributed by atoms with Gasteiger partial charge in [-0.15, -0.1) is 0 Å². The summed E-state index contributed by atoms with van der Waals surface area (Å²) in [6.45, 7) is 6.43. The van der Waals surface area contributed by atoms with Crippen LogP contribution in [-0.4, -0.2) is 29.7 Å². The molecule has 0 radical (unpaired) electrons. The van der Waals surface area contributed by atoms with Crippen LogP contribution in [0, 0.1) is 5.92 Å². The molecular formula is C10H20N2O3. The quantitative estimate of drug-likeness (QED) is 0.624. The van der Waals surface area contributed by atoms with Gasteiger partial charge in [0.1, 0.15) is 0 Å². The summed E-state index contributed by atoms with van der Waals surface area (Å²) in [6, 6.07) is -0.647. The number of amides is 2. The van der Waals surface area contributed by atoms with Crippen LogP contribution in [0.2, 0.25) is 0 Å². The fraction of sp³-hybridized carbons (Fsp3) is 0.800. The van der Waals surface area contributed by atoms with Gasteiger partial charge in [0.05, 0.1) is 6.42 Å². The smallest absolute Gasteiger partial charge is 0.315 e. The summed E-state index contributed by atoms with van der Waals surface area (Å²) in [4.78, 5) is 21.5. The molecule has 0 saturated heterocycles. The summed E-state index contributed by atoms with van der Waals surface area (Å²) in [5.74, 6) is -0.369. The van der Waals surface area contributed by atoms with E-state index in [1.807, 2.05) is 0 Å². The summed E-state index contributed by atoms with van der Waals surface area (Å²) in [5, 5.41) is 13.7. The van der Waals surface area contributed by atoms with Gasteiger partial charge in [-0.1, -0.05) is 13.8 Å². The highest BCUT2D eigenvalue weighted by atomic mass is 16.4. The molecule has 0 aliphatic carbocycles. The van der Waals surface area contributed by atoms with Crippen molar-refractivity contribution < 1.29 is 14.7 Å². The lowest BCUT2D eigenvalue weighted by molar-refractivity contribution is -0.137. The number of carboxylic acids is 1. The molecule has 0 aliphatic rings. The van der Waals surface area contributed by atoms with E-state index < -0.39 is 5.97 Å². The summed E-state index contributed by atoms with van der Waals surface area (Å²) >= 11 is 0. The van der Waals surface area contributed by atoms with Crippen LogP contribution in [0.3, 0.4) is 0 Å². The summed E-state index contributed by atoms with van der Waals surface area (Å²) < 4.78 is 0. The molecular weight excluding hydrogens is 196 g/mol. The molecule has 5 heteroatoms. The molecule has 0 saturated carbocycles. The first kappa shape index (κ1) is 13.7. The van der Waals surface area contributed by atoms with E-state index in [1.54, 1.807) is 6.92 Å². The Labute approximate surface area is 90.2 Å². The van der Waals surface area contributed by atoms with E-state index in [2.05, 4.69) is 24.5 Å². The Morgan fingerprint density at radius 3 is 2.33 bits per heavy atom. The average Bonchev–Trinajstić information content (AvgIpc) is 2.00. The van der Waals surface area contributed by atoms with Crippen molar-refractivity contribution in [3.05, 3.63) is 0 Å². The van der Waals surface area contributed by atoms with Crippen LogP contribution in [-0.2, 0) is 4.79 Å². The molecule has 0 spiro atoms. The standard InChI is InChI=1S/C10H20N2O3/c1-7(2)4-5-11-10(15)12-8(3)6-9(13)14/h7-8H,4-6H2,1-3H3,(H,13,14)(H2,11,12,15). The third-order valence-electron chi connectivity index (χ3n) is 1.87. The Balaban J connectivity index is 3.60. The molecule has 0 aromatic rings. The Morgan fingerprint density at radius 1 is 1.27 bits per heavy atom. The maximum Gasteiger partial charge on any atom is 0.315 e. The zero-order chi connectivity index (χ0) is 11.8. The van der Waals surface area contributed by atoms with E-state index in [-0.39, 0.29) is 18.5 Å². The van der Waals surface area contributed by atoms with Crippen LogP contribution < -0.4 is 10.6 Å².